The predicted octanol–water partition coefficient (Wildman–Crippen LogP) is 20.1. The van der Waals surface area contributed by atoms with Gasteiger partial charge in [-0.15, -0.1) is 0 Å². The summed E-state index contributed by atoms with van der Waals surface area (Å²) in [6.45, 7) is 0. The van der Waals surface area contributed by atoms with Crippen LogP contribution in [0.2, 0.25) is 0 Å². The van der Waals surface area contributed by atoms with Gasteiger partial charge < -0.3 is 10.0 Å². The molecular formula is C103H88BBrF2O4P4Pd. The van der Waals surface area contributed by atoms with Crippen LogP contribution in [0.3, 0.4) is 0 Å². The number of hydrogen-bond donors (Lipinski definition) is 2. The number of rotatable bonds is 14. The second-order valence-corrected chi connectivity index (χ2v) is 36.1. The van der Waals surface area contributed by atoms with E-state index in [4.69, 9.17) is 10.0 Å². The van der Waals surface area contributed by atoms with Gasteiger partial charge in [0.15, 0.2) is 11.6 Å². The molecule has 2 aliphatic rings. The summed E-state index contributed by atoms with van der Waals surface area (Å²) < 4.78 is 26.4. The van der Waals surface area contributed by atoms with Crippen LogP contribution in [0.4, 0.5) is 8.78 Å². The van der Waals surface area contributed by atoms with Gasteiger partial charge in [-0.2, -0.15) is 0 Å². The molecular weight excluding hydrogens is 1660 g/mol. The number of aryl methyl sites for hydroxylation is 2. The molecule has 0 amide bonds. The Morgan fingerprint density at radius 3 is 0.707 bits per heavy atom. The van der Waals surface area contributed by atoms with Crippen LogP contribution in [0.15, 0.2) is 453 Å². The van der Waals surface area contributed by atoms with E-state index in [-0.39, 0.29) is 50.7 Å². The Labute approximate surface area is 710 Å². The van der Waals surface area contributed by atoms with Crippen molar-refractivity contribution in [1.82, 2.24) is 0 Å². The van der Waals surface area contributed by atoms with Crippen LogP contribution in [0.5, 0.6) is 0 Å². The Balaban J connectivity index is 0.000000144. The average molecular weight is 1750 g/mol. The van der Waals surface area contributed by atoms with Crippen molar-refractivity contribution in [3.8, 4) is 11.1 Å². The fourth-order valence-electron chi connectivity index (χ4n) is 13.1. The number of ketones is 2. The summed E-state index contributed by atoms with van der Waals surface area (Å²) >= 11 is 3.34. The van der Waals surface area contributed by atoms with Crippen molar-refractivity contribution in [3.63, 3.8) is 0 Å². The summed E-state index contributed by atoms with van der Waals surface area (Å²) in [6.07, 6.45) is 3.03. The van der Waals surface area contributed by atoms with Crippen LogP contribution in [0, 0.1) is 11.6 Å². The van der Waals surface area contributed by atoms with Gasteiger partial charge in [-0.3, -0.25) is 9.59 Å². The van der Waals surface area contributed by atoms with Crippen LogP contribution in [-0.4, -0.2) is 28.7 Å². The molecule has 16 aromatic rings. The van der Waals surface area contributed by atoms with Crippen molar-refractivity contribution in [2.24, 2.45) is 0 Å². The van der Waals surface area contributed by atoms with Crippen LogP contribution in [-0.2, 0) is 33.3 Å². The molecule has 0 atom stereocenters. The Morgan fingerprint density at radius 2 is 0.474 bits per heavy atom. The minimum Gasteiger partial charge on any atom is -0.423 e. The van der Waals surface area contributed by atoms with Crippen molar-refractivity contribution in [3.05, 3.63) is 487 Å². The molecule has 2 N–H and O–H groups in total. The molecule has 13 heteroatoms. The molecule has 0 bridgehead atoms. The van der Waals surface area contributed by atoms with E-state index in [0.717, 1.165) is 51.2 Å². The van der Waals surface area contributed by atoms with E-state index in [1.165, 1.54) is 99.5 Å². The van der Waals surface area contributed by atoms with Gasteiger partial charge in [-0.25, -0.2) is 8.78 Å². The minimum atomic E-state index is -1.59. The first-order chi connectivity index (χ1) is 56.0. The third-order valence-electron chi connectivity index (χ3n) is 18.5. The molecule has 0 aromatic heterocycles. The summed E-state index contributed by atoms with van der Waals surface area (Å²) in [5, 5.41) is 33.9. The molecule has 0 aliphatic heterocycles. The maximum absolute atomic E-state index is 13.1. The van der Waals surface area contributed by atoms with E-state index in [1.807, 2.05) is 42.5 Å². The Bertz CT molecular complexity index is 4710. The van der Waals surface area contributed by atoms with Crippen molar-refractivity contribution in [2.45, 2.75) is 33.1 Å². The average Bonchev–Trinajstić information content (AvgIpc) is 1.54. The van der Waals surface area contributed by atoms with Gasteiger partial charge in [0.2, 0.25) is 0 Å². The first kappa shape index (κ1) is 87.9. The maximum Gasteiger partial charge on any atom is 0.488 e. The number of carbonyl (C=O) groups excluding carboxylic acids is 2. The third kappa shape index (κ3) is 25.8. The fraction of sp³-hybridized carbons (Fsp3) is 0.0485. The monoisotopic (exact) mass is 1750 g/mol. The van der Waals surface area contributed by atoms with Gasteiger partial charge in [0, 0.05) is 48.9 Å². The molecule has 0 unspecified atom stereocenters. The molecule has 16 aromatic carbocycles. The SMILES string of the molecule is C.O=C1CCc2ccc(-c3cccc(F)c3)cc21.O=C1CCc2ccc(Br)cc21.OB(O)c1cccc(F)c1.[Pd].c1ccc(P(c2ccccc2)c2ccccc2)cc1.c1ccc(P(c2ccccc2)c2ccccc2)cc1.c1ccc(P(c2ccccc2)c2ccccc2)cc1.c1ccc(P(c2ccccc2)c2ccccc2)cc1. The van der Waals surface area contributed by atoms with E-state index < -0.39 is 44.6 Å². The zero-order valence-electron chi connectivity index (χ0n) is 63.1. The fourth-order valence-corrected chi connectivity index (χ4v) is 22.7. The van der Waals surface area contributed by atoms with Gasteiger partial charge in [0.1, 0.15) is 11.6 Å². The van der Waals surface area contributed by atoms with Gasteiger partial charge in [0.25, 0.3) is 0 Å². The summed E-state index contributed by atoms with van der Waals surface area (Å²) in [7, 11) is -3.37. The summed E-state index contributed by atoms with van der Waals surface area (Å²) in [5.41, 5.74) is 5.88. The minimum absolute atomic E-state index is 0. The molecule has 578 valence electrons. The number of fused-ring (bicyclic) bond motifs is 2. The Hall–Kier alpha value is -10.4. The molecule has 116 heavy (non-hydrogen) atoms. The zero-order chi connectivity index (χ0) is 78.9. The van der Waals surface area contributed by atoms with Crippen LogP contribution in [0.1, 0.15) is 52.1 Å². The molecule has 4 nitrogen and oxygen atoms in total. The molecule has 0 radical (unpaired) electrons. The first-order valence-corrected chi connectivity index (χ1v) is 43.8. The molecule has 0 saturated heterocycles. The number of hydrogen-bond acceptors (Lipinski definition) is 4. The topological polar surface area (TPSA) is 74.6 Å². The molecule has 0 saturated carbocycles. The van der Waals surface area contributed by atoms with Crippen LogP contribution >= 0.6 is 47.6 Å². The summed E-state index contributed by atoms with van der Waals surface area (Å²) in [4.78, 5) is 22.8. The van der Waals surface area contributed by atoms with Gasteiger partial charge in [0.05, 0.1) is 0 Å². The van der Waals surface area contributed by atoms with E-state index in [2.05, 4.69) is 380 Å². The third-order valence-corrected chi connectivity index (χ3v) is 28.8. The smallest absolute Gasteiger partial charge is 0.423 e. The van der Waals surface area contributed by atoms with Gasteiger partial charge in [-0.05, 0) is 178 Å². The van der Waals surface area contributed by atoms with Gasteiger partial charge in [-0.1, -0.05) is 430 Å². The molecule has 2 aliphatic carbocycles. The second kappa shape index (κ2) is 46.9. The van der Waals surface area contributed by atoms with Crippen molar-refractivity contribution in [2.75, 3.05) is 0 Å². The summed E-state index contributed by atoms with van der Waals surface area (Å²) in [6, 6.07) is 153. The first-order valence-electron chi connectivity index (χ1n) is 37.7. The zero-order valence-corrected chi connectivity index (χ0v) is 69.8. The standard InChI is InChI=1S/4C18H15P.C15H11FO.C9H7BrO.C6H6BFO2.CH4.Pd/c4*1-4-10-16(11-5-1)19(17-12-6-2-7-13-17)18-14-8-3-9-15-18;16-13-3-1-2-11(8-13)12-5-4-10-6-7-15(17)14(10)9-12;10-7-3-1-6-2-4-9(11)8(6)5-7;8-6-3-1-2-5(4-6)7(9)10;;/h4*1-15H;1-5,8-9H,6-7H2;1,3,5H,2,4H2;1-4,9-10H;1H4;. The second-order valence-electron chi connectivity index (χ2n) is 26.3. The molecule has 0 heterocycles. The Morgan fingerprint density at radius 1 is 0.250 bits per heavy atom. The Kier molecular flexibility index (Phi) is 35.6. The predicted molar refractivity (Wildman–Crippen MR) is 495 cm³/mol. The number of Topliss-reactive ketones (excluding diaryl/α,β-unsaturated/α-hetero) is 2. The van der Waals surface area contributed by atoms with Crippen LogP contribution < -0.4 is 69.1 Å². The molecule has 0 fully saturated rings. The molecule has 0 spiro atoms. The number of halogens is 3. The van der Waals surface area contributed by atoms with Crippen LogP contribution in [0.25, 0.3) is 11.1 Å². The maximum atomic E-state index is 13.1. The number of benzene rings is 16. The van der Waals surface area contributed by atoms with E-state index >= 15 is 0 Å². The quantitative estimate of drug-likeness (QED) is 0.0840. The van der Waals surface area contributed by atoms with Crippen molar-refractivity contribution >= 4 is 135 Å². The number of carbonyl (C=O) groups is 2. The summed E-state index contributed by atoms with van der Waals surface area (Å²) in [5.74, 6) is -0.250. The largest absolute Gasteiger partial charge is 0.488 e. The van der Waals surface area contributed by atoms with Crippen molar-refractivity contribution in [1.29, 1.82) is 0 Å². The van der Waals surface area contributed by atoms with E-state index in [1.54, 1.807) is 6.07 Å². The normalized spacial score (nSPS) is 11.2. The van der Waals surface area contributed by atoms with Gasteiger partial charge >= 0.3 is 7.12 Å². The van der Waals surface area contributed by atoms with Crippen molar-refractivity contribution < 1.29 is 48.8 Å². The molecule has 18 rings (SSSR count). The van der Waals surface area contributed by atoms with E-state index in [9.17, 15) is 18.4 Å². The van der Waals surface area contributed by atoms with E-state index in [0.29, 0.717) is 12.8 Å².